The highest BCUT2D eigenvalue weighted by Gasteiger charge is 2.15. The van der Waals surface area contributed by atoms with E-state index in [-0.39, 0.29) is 24.0 Å². The average Bonchev–Trinajstić information content (AvgIpc) is 3.19. The second kappa shape index (κ2) is 10.2. The molecule has 5 nitrogen and oxygen atoms in total. The molecular formula is C24H20F2N4OS. The first-order chi connectivity index (χ1) is 15.6. The fraction of sp³-hybridized carbons (Fsp3) is 0.125. The number of rotatable bonds is 8. The lowest BCUT2D eigenvalue weighted by atomic mass is 10.2. The molecule has 0 saturated heterocycles. The summed E-state index contributed by atoms with van der Waals surface area (Å²) >= 11 is 1.42. The molecule has 32 heavy (non-hydrogen) atoms. The van der Waals surface area contributed by atoms with Gasteiger partial charge in [-0.15, -0.1) is 10.2 Å². The van der Waals surface area contributed by atoms with Crippen LogP contribution in [0.15, 0.2) is 84.0 Å². The molecule has 3 aromatic carbocycles. The van der Waals surface area contributed by atoms with E-state index >= 15 is 0 Å². The van der Waals surface area contributed by atoms with Gasteiger partial charge in [-0.05, 0) is 54.1 Å². The Morgan fingerprint density at radius 1 is 0.875 bits per heavy atom. The first-order valence-corrected chi connectivity index (χ1v) is 11.0. The molecule has 1 aromatic heterocycles. The van der Waals surface area contributed by atoms with Crippen molar-refractivity contribution >= 4 is 23.4 Å². The van der Waals surface area contributed by atoms with Crippen LogP contribution in [0.3, 0.4) is 0 Å². The fourth-order valence-electron chi connectivity index (χ4n) is 3.11. The summed E-state index contributed by atoms with van der Waals surface area (Å²) in [5, 5.41) is 12.0. The number of hydrogen-bond acceptors (Lipinski definition) is 4. The fourth-order valence-corrected chi connectivity index (χ4v) is 3.98. The van der Waals surface area contributed by atoms with E-state index in [1.54, 1.807) is 12.1 Å². The van der Waals surface area contributed by atoms with Crippen LogP contribution in [0.1, 0.15) is 12.0 Å². The molecule has 0 atom stereocenters. The van der Waals surface area contributed by atoms with Gasteiger partial charge in [-0.1, -0.05) is 42.1 Å². The monoisotopic (exact) mass is 450 g/mol. The second-order valence-corrected chi connectivity index (χ2v) is 8.10. The molecule has 8 heteroatoms. The first-order valence-electron chi connectivity index (χ1n) is 10.00. The van der Waals surface area contributed by atoms with Crippen molar-refractivity contribution in [3.8, 4) is 11.4 Å². The zero-order valence-corrected chi connectivity index (χ0v) is 17.9. The van der Waals surface area contributed by atoms with Crippen molar-refractivity contribution in [1.82, 2.24) is 14.8 Å². The van der Waals surface area contributed by atoms with E-state index in [9.17, 15) is 13.6 Å². The Bertz CT molecular complexity index is 1180. The number of thioether (sulfide) groups is 1. The highest BCUT2D eigenvalue weighted by molar-refractivity contribution is 7.99. The molecule has 0 saturated carbocycles. The van der Waals surface area contributed by atoms with Crippen LogP contribution >= 0.6 is 11.8 Å². The highest BCUT2D eigenvalue weighted by Crippen LogP contribution is 2.26. The molecule has 1 amide bonds. The number of amides is 1. The van der Waals surface area contributed by atoms with Crippen LogP contribution in [0.25, 0.3) is 11.4 Å². The molecule has 0 aliphatic heterocycles. The van der Waals surface area contributed by atoms with E-state index < -0.39 is 0 Å². The van der Waals surface area contributed by atoms with Crippen molar-refractivity contribution in [3.63, 3.8) is 0 Å². The third-order valence-electron chi connectivity index (χ3n) is 4.69. The Hall–Kier alpha value is -3.52. The molecule has 1 N–H and O–H groups in total. The van der Waals surface area contributed by atoms with E-state index in [1.165, 1.54) is 48.2 Å². The number of aromatic nitrogens is 3. The number of nitrogens with zero attached hydrogens (tertiary/aromatic N) is 3. The summed E-state index contributed by atoms with van der Waals surface area (Å²) in [6.07, 6.45) is 0.256. The first kappa shape index (κ1) is 21.7. The SMILES string of the molecule is O=C(CCSc1nnc(-c2ccc(F)cc2)n1Cc1ccccc1)Nc1ccc(F)cc1. The molecule has 0 fully saturated rings. The van der Waals surface area contributed by atoms with Gasteiger partial charge in [-0.3, -0.25) is 9.36 Å². The number of hydrogen-bond donors (Lipinski definition) is 1. The topological polar surface area (TPSA) is 59.8 Å². The van der Waals surface area contributed by atoms with E-state index in [4.69, 9.17) is 0 Å². The van der Waals surface area contributed by atoms with E-state index in [0.717, 1.165) is 11.1 Å². The molecule has 4 aromatic rings. The third kappa shape index (κ3) is 5.59. The Morgan fingerprint density at radius 2 is 1.53 bits per heavy atom. The summed E-state index contributed by atoms with van der Waals surface area (Å²) in [4.78, 5) is 12.2. The van der Waals surface area contributed by atoms with Crippen LogP contribution in [-0.4, -0.2) is 26.4 Å². The number of halogens is 2. The molecule has 0 spiro atoms. The zero-order valence-electron chi connectivity index (χ0n) is 17.0. The largest absolute Gasteiger partial charge is 0.326 e. The quantitative estimate of drug-likeness (QED) is 0.366. The Morgan fingerprint density at radius 3 is 2.22 bits per heavy atom. The number of benzene rings is 3. The van der Waals surface area contributed by atoms with Crippen molar-refractivity contribution in [2.45, 2.75) is 18.1 Å². The minimum atomic E-state index is -0.353. The maximum absolute atomic E-state index is 13.4. The van der Waals surface area contributed by atoms with Gasteiger partial charge in [0.1, 0.15) is 11.6 Å². The highest BCUT2D eigenvalue weighted by atomic mass is 32.2. The van der Waals surface area contributed by atoms with E-state index in [1.807, 2.05) is 34.9 Å². The van der Waals surface area contributed by atoms with Gasteiger partial charge in [0.25, 0.3) is 0 Å². The minimum Gasteiger partial charge on any atom is -0.326 e. The summed E-state index contributed by atoms with van der Waals surface area (Å²) in [5.41, 5.74) is 2.38. The van der Waals surface area contributed by atoms with Crippen LogP contribution in [0.4, 0.5) is 14.5 Å². The van der Waals surface area contributed by atoms with Crippen LogP contribution < -0.4 is 5.32 Å². The summed E-state index contributed by atoms with van der Waals surface area (Å²) in [7, 11) is 0. The van der Waals surface area contributed by atoms with Gasteiger partial charge >= 0.3 is 0 Å². The lowest BCUT2D eigenvalue weighted by Crippen LogP contribution is -2.12. The van der Waals surface area contributed by atoms with Gasteiger partial charge in [-0.2, -0.15) is 0 Å². The predicted molar refractivity (Wildman–Crippen MR) is 121 cm³/mol. The maximum Gasteiger partial charge on any atom is 0.225 e. The molecule has 0 aliphatic rings. The normalized spacial score (nSPS) is 10.8. The molecule has 1 heterocycles. The second-order valence-electron chi connectivity index (χ2n) is 7.04. The molecular weight excluding hydrogens is 430 g/mol. The van der Waals surface area contributed by atoms with Gasteiger partial charge < -0.3 is 5.32 Å². The lowest BCUT2D eigenvalue weighted by molar-refractivity contribution is -0.115. The van der Waals surface area contributed by atoms with Gasteiger partial charge in [-0.25, -0.2) is 8.78 Å². The minimum absolute atomic E-state index is 0.169. The Kier molecular flexibility index (Phi) is 6.91. The predicted octanol–water partition coefficient (Wildman–Crippen LogP) is 5.39. The Balaban J connectivity index is 1.47. The number of nitrogens with one attached hydrogen (secondary N) is 1. The molecule has 162 valence electrons. The number of anilines is 1. The van der Waals surface area contributed by atoms with E-state index in [0.29, 0.717) is 29.0 Å². The smallest absolute Gasteiger partial charge is 0.225 e. The lowest BCUT2D eigenvalue weighted by Gasteiger charge is -2.11. The van der Waals surface area contributed by atoms with Crippen LogP contribution in [0.2, 0.25) is 0 Å². The summed E-state index contributed by atoms with van der Waals surface area (Å²) < 4.78 is 28.3. The van der Waals surface area contributed by atoms with Gasteiger partial charge in [0.05, 0.1) is 6.54 Å². The number of carbonyl (C=O) groups excluding carboxylic acids is 1. The van der Waals surface area contributed by atoms with E-state index in [2.05, 4.69) is 15.5 Å². The molecule has 0 bridgehead atoms. The van der Waals surface area contributed by atoms with Crippen molar-refractivity contribution in [3.05, 3.63) is 96.1 Å². The molecule has 4 rings (SSSR count). The van der Waals surface area contributed by atoms with Crippen molar-refractivity contribution in [2.75, 3.05) is 11.1 Å². The summed E-state index contributed by atoms with van der Waals surface area (Å²) in [5.74, 6) is 0.283. The summed E-state index contributed by atoms with van der Waals surface area (Å²) in [6, 6.07) is 21.7. The zero-order chi connectivity index (χ0) is 22.3. The van der Waals surface area contributed by atoms with Crippen LogP contribution in [0.5, 0.6) is 0 Å². The van der Waals surface area contributed by atoms with Gasteiger partial charge in [0.2, 0.25) is 5.91 Å². The number of carbonyl (C=O) groups is 1. The van der Waals surface area contributed by atoms with Crippen LogP contribution in [-0.2, 0) is 11.3 Å². The Labute approximate surface area is 188 Å². The maximum atomic E-state index is 13.4. The standard InChI is InChI=1S/C24H20F2N4OS/c25-19-8-6-18(7-9-19)23-28-29-24(30(23)16-17-4-2-1-3-5-17)32-15-14-22(31)27-21-12-10-20(26)11-13-21/h1-13H,14-16H2,(H,27,31). The molecule has 0 unspecified atom stereocenters. The third-order valence-corrected chi connectivity index (χ3v) is 5.66. The van der Waals surface area contributed by atoms with Gasteiger partial charge in [0, 0.05) is 23.4 Å². The van der Waals surface area contributed by atoms with Crippen molar-refractivity contribution in [2.24, 2.45) is 0 Å². The van der Waals surface area contributed by atoms with Gasteiger partial charge in [0.15, 0.2) is 11.0 Å². The van der Waals surface area contributed by atoms with Crippen LogP contribution in [0, 0.1) is 11.6 Å². The van der Waals surface area contributed by atoms with Crippen molar-refractivity contribution in [1.29, 1.82) is 0 Å². The summed E-state index contributed by atoms with van der Waals surface area (Å²) in [6.45, 7) is 0.546. The average molecular weight is 451 g/mol. The van der Waals surface area contributed by atoms with Crippen molar-refractivity contribution < 1.29 is 13.6 Å². The molecule has 0 aliphatic carbocycles. The molecule has 0 radical (unpaired) electrons.